The lowest BCUT2D eigenvalue weighted by Crippen LogP contribution is -1.96. The molecule has 5 heteroatoms. The van der Waals surface area contributed by atoms with Crippen molar-refractivity contribution >= 4 is 11.6 Å². The van der Waals surface area contributed by atoms with Gasteiger partial charge >= 0.3 is 0 Å². The van der Waals surface area contributed by atoms with Crippen molar-refractivity contribution in [1.29, 1.82) is 0 Å². The Morgan fingerprint density at radius 3 is 2.50 bits per heavy atom. The summed E-state index contributed by atoms with van der Waals surface area (Å²) in [4.78, 5) is 4.14. The molecule has 0 spiro atoms. The Morgan fingerprint density at radius 2 is 1.86 bits per heavy atom. The van der Waals surface area contributed by atoms with Crippen molar-refractivity contribution < 1.29 is 9.13 Å². The number of imidazole rings is 1. The summed E-state index contributed by atoms with van der Waals surface area (Å²) in [6.45, 7) is 2.02. The Morgan fingerprint density at radius 1 is 1.14 bits per heavy atom. The van der Waals surface area contributed by atoms with Gasteiger partial charge in [-0.25, -0.2) is 9.37 Å². The van der Waals surface area contributed by atoms with E-state index in [9.17, 15) is 4.39 Å². The number of hydrogen-bond acceptors (Lipinski definition) is 2. The second-order valence-corrected chi connectivity index (χ2v) is 5.30. The van der Waals surface area contributed by atoms with Gasteiger partial charge in [0.2, 0.25) is 0 Å². The molecule has 2 aromatic carbocycles. The van der Waals surface area contributed by atoms with Gasteiger partial charge in [0.25, 0.3) is 0 Å². The van der Waals surface area contributed by atoms with Crippen LogP contribution in [0.1, 0.15) is 5.56 Å². The van der Waals surface area contributed by atoms with Gasteiger partial charge in [0.1, 0.15) is 6.33 Å². The van der Waals surface area contributed by atoms with E-state index in [-0.39, 0.29) is 5.75 Å². The molecule has 0 fully saturated rings. The smallest absolute Gasteiger partial charge is 0.165 e. The average Bonchev–Trinajstić information content (AvgIpc) is 2.89. The van der Waals surface area contributed by atoms with E-state index in [4.69, 9.17) is 16.3 Å². The lowest BCUT2D eigenvalue weighted by atomic mass is 10.1. The summed E-state index contributed by atoms with van der Waals surface area (Å²) < 4.78 is 20.7. The maximum absolute atomic E-state index is 14.0. The number of aromatic nitrogens is 2. The Labute approximate surface area is 132 Å². The summed E-state index contributed by atoms with van der Waals surface area (Å²) in [5.74, 6) is -0.242. The van der Waals surface area contributed by atoms with Gasteiger partial charge in [-0.15, -0.1) is 0 Å². The normalized spacial score (nSPS) is 10.7. The van der Waals surface area contributed by atoms with Crippen molar-refractivity contribution in [3.8, 4) is 22.7 Å². The van der Waals surface area contributed by atoms with Gasteiger partial charge in [-0.05, 0) is 37.3 Å². The average molecular weight is 317 g/mol. The van der Waals surface area contributed by atoms with Crippen LogP contribution in [0.4, 0.5) is 4.39 Å². The van der Waals surface area contributed by atoms with E-state index in [2.05, 4.69) is 4.98 Å². The van der Waals surface area contributed by atoms with Crippen LogP contribution in [0.15, 0.2) is 48.8 Å². The molecule has 3 nitrogen and oxygen atoms in total. The molecule has 0 aliphatic heterocycles. The monoisotopic (exact) mass is 316 g/mol. The van der Waals surface area contributed by atoms with Crippen molar-refractivity contribution in [1.82, 2.24) is 9.55 Å². The van der Waals surface area contributed by atoms with Crippen LogP contribution < -0.4 is 4.74 Å². The zero-order valence-corrected chi connectivity index (χ0v) is 12.9. The van der Waals surface area contributed by atoms with Crippen LogP contribution in [0.5, 0.6) is 5.75 Å². The molecule has 0 aliphatic rings. The fourth-order valence-electron chi connectivity index (χ4n) is 2.30. The second-order valence-electron chi connectivity index (χ2n) is 4.94. The molecule has 0 saturated heterocycles. The van der Waals surface area contributed by atoms with Crippen molar-refractivity contribution in [2.24, 2.45) is 0 Å². The molecular formula is C17H14ClFN2O. The highest BCUT2D eigenvalue weighted by Gasteiger charge is 2.15. The fourth-order valence-corrected chi connectivity index (χ4v) is 2.54. The van der Waals surface area contributed by atoms with E-state index in [1.807, 2.05) is 35.8 Å². The van der Waals surface area contributed by atoms with Gasteiger partial charge < -0.3 is 4.74 Å². The molecule has 3 rings (SSSR count). The highest BCUT2D eigenvalue weighted by Crippen LogP contribution is 2.32. The summed E-state index contributed by atoms with van der Waals surface area (Å²) in [5.41, 5.74) is 3.36. The standard InChI is InChI=1S/C17H14ClFN2O/c1-11-3-6-13(7-4-11)21-10-20-17(18)16(21)12-5-8-15(22-2)14(19)9-12/h3-10H,1-2H3. The van der Waals surface area contributed by atoms with Crippen LogP contribution >= 0.6 is 11.6 Å². The van der Waals surface area contributed by atoms with Crippen LogP contribution in [0.2, 0.25) is 5.15 Å². The van der Waals surface area contributed by atoms with E-state index in [0.29, 0.717) is 16.4 Å². The van der Waals surface area contributed by atoms with Gasteiger partial charge in [0.05, 0.1) is 12.8 Å². The molecule has 1 heterocycles. The molecule has 0 unspecified atom stereocenters. The largest absolute Gasteiger partial charge is 0.494 e. The summed E-state index contributed by atoms with van der Waals surface area (Å²) in [6, 6.07) is 12.7. The van der Waals surface area contributed by atoms with Gasteiger partial charge in [-0.1, -0.05) is 29.3 Å². The number of benzene rings is 2. The van der Waals surface area contributed by atoms with E-state index >= 15 is 0 Å². The van der Waals surface area contributed by atoms with Gasteiger partial charge in [0.15, 0.2) is 16.7 Å². The van der Waals surface area contributed by atoms with Gasteiger partial charge in [-0.2, -0.15) is 0 Å². The van der Waals surface area contributed by atoms with Crippen LogP contribution in [-0.2, 0) is 0 Å². The topological polar surface area (TPSA) is 27.1 Å². The molecule has 1 aromatic heterocycles. The first kappa shape index (κ1) is 14.6. The molecule has 0 radical (unpaired) electrons. The predicted molar refractivity (Wildman–Crippen MR) is 85.3 cm³/mol. The third-order valence-electron chi connectivity index (χ3n) is 3.46. The first-order valence-corrected chi connectivity index (χ1v) is 7.11. The molecule has 0 saturated carbocycles. The van der Waals surface area contributed by atoms with Gasteiger partial charge in [-0.3, -0.25) is 4.57 Å². The minimum Gasteiger partial charge on any atom is -0.494 e. The number of rotatable bonds is 3. The summed E-state index contributed by atoms with van der Waals surface area (Å²) in [6.07, 6.45) is 1.63. The van der Waals surface area contributed by atoms with Gasteiger partial charge in [0, 0.05) is 11.3 Å². The first-order valence-electron chi connectivity index (χ1n) is 6.74. The molecule has 0 aliphatic carbocycles. The third kappa shape index (κ3) is 2.57. The molecule has 3 aromatic rings. The highest BCUT2D eigenvalue weighted by atomic mass is 35.5. The molecule has 22 heavy (non-hydrogen) atoms. The summed E-state index contributed by atoms with van der Waals surface area (Å²) >= 11 is 6.20. The molecule has 0 amide bonds. The van der Waals surface area contributed by atoms with Crippen LogP contribution in [0.3, 0.4) is 0 Å². The van der Waals surface area contributed by atoms with Crippen molar-refractivity contribution in [3.05, 3.63) is 65.3 Å². The minimum atomic E-state index is -0.437. The minimum absolute atomic E-state index is 0.196. The third-order valence-corrected chi connectivity index (χ3v) is 3.74. The Bertz CT molecular complexity index is 812. The maximum atomic E-state index is 14.0. The van der Waals surface area contributed by atoms with E-state index < -0.39 is 5.82 Å². The molecule has 0 bridgehead atoms. The SMILES string of the molecule is COc1ccc(-c2c(Cl)ncn2-c2ccc(C)cc2)cc1F. The van der Waals surface area contributed by atoms with E-state index in [1.165, 1.54) is 13.2 Å². The molecule has 112 valence electrons. The first-order chi connectivity index (χ1) is 10.6. The lowest BCUT2D eigenvalue weighted by Gasteiger charge is -2.10. The fraction of sp³-hybridized carbons (Fsp3) is 0.118. The van der Waals surface area contributed by atoms with Crippen LogP contribution in [0.25, 0.3) is 16.9 Å². The summed E-state index contributed by atoms with van der Waals surface area (Å²) in [7, 11) is 1.43. The summed E-state index contributed by atoms with van der Waals surface area (Å²) in [5, 5.41) is 0.324. The van der Waals surface area contributed by atoms with Crippen molar-refractivity contribution in [3.63, 3.8) is 0 Å². The molecule has 0 N–H and O–H groups in total. The predicted octanol–water partition coefficient (Wildman–Crippen LogP) is 4.65. The van der Waals surface area contributed by atoms with Crippen LogP contribution in [-0.4, -0.2) is 16.7 Å². The molecule has 0 atom stereocenters. The maximum Gasteiger partial charge on any atom is 0.165 e. The molecular weight excluding hydrogens is 303 g/mol. The van der Waals surface area contributed by atoms with Crippen molar-refractivity contribution in [2.45, 2.75) is 6.92 Å². The van der Waals surface area contributed by atoms with Crippen LogP contribution in [0, 0.1) is 12.7 Å². The number of ether oxygens (including phenoxy) is 1. The second kappa shape index (κ2) is 5.81. The zero-order chi connectivity index (χ0) is 15.7. The van der Waals surface area contributed by atoms with E-state index in [1.54, 1.807) is 18.5 Å². The highest BCUT2D eigenvalue weighted by molar-refractivity contribution is 6.32. The Hall–Kier alpha value is -2.33. The number of halogens is 2. The number of methoxy groups -OCH3 is 1. The number of nitrogens with zero attached hydrogens (tertiary/aromatic N) is 2. The quantitative estimate of drug-likeness (QED) is 0.703. The number of aryl methyl sites for hydroxylation is 1. The van der Waals surface area contributed by atoms with E-state index in [0.717, 1.165) is 11.3 Å². The lowest BCUT2D eigenvalue weighted by molar-refractivity contribution is 0.386. The Kier molecular flexibility index (Phi) is 3.86. The zero-order valence-electron chi connectivity index (χ0n) is 12.2. The van der Waals surface area contributed by atoms with Crippen molar-refractivity contribution in [2.75, 3.05) is 7.11 Å². The number of hydrogen-bond donors (Lipinski definition) is 0. The Balaban J connectivity index is 2.13.